The van der Waals surface area contributed by atoms with Crippen molar-refractivity contribution in [2.75, 3.05) is 13.2 Å². The molecule has 1 saturated carbocycles. The third-order valence-corrected chi connectivity index (χ3v) is 3.43. The molecule has 0 radical (unpaired) electrons. The zero-order chi connectivity index (χ0) is 16.4. The minimum atomic E-state index is -4.40. The zero-order valence-corrected chi connectivity index (χ0v) is 11.4. The third kappa shape index (κ3) is 3.49. The predicted molar refractivity (Wildman–Crippen MR) is 69.3 cm³/mol. The summed E-state index contributed by atoms with van der Waals surface area (Å²) in [7, 11) is 0. The lowest BCUT2D eigenvalue weighted by molar-refractivity contribution is -0.149. The lowest BCUT2D eigenvalue weighted by atomic mass is 10.1. The first kappa shape index (κ1) is 16.1. The number of aliphatic carboxylic acids is 1. The topological polar surface area (TPSA) is 75.6 Å². The van der Waals surface area contributed by atoms with Crippen LogP contribution in [0, 0.1) is 5.41 Å². The van der Waals surface area contributed by atoms with Crippen LogP contribution in [-0.2, 0) is 15.8 Å². The molecule has 0 unspecified atom stereocenters. The van der Waals surface area contributed by atoms with Gasteiger partial charge in [-0.2, -0.15) is 13.2 Å². The highest BCUT2D eigenvalue weighted by Crippen LogP contribution is 2.45. The molecule has 0 saturated heterocycles. The number of ether oxygens (including phenoxy) is 1. The third-order valence-electron chi connectivity index (χ3n) is 3.43. The molecule has 1 aromatic carbocycles. The number of amides is 1. The maximum Gasteiger partial charge on any atom is 0.416 e. The summed E-state index contributed by atoms with van der Waals surface area (Å²) in [5.74, 6) is -1.47. The zero-order valence-electron chi connectivity index (χ0n) is 11.4. The van der Waals surface area contributed by atoms with E-state index in [1.807, 2.05) is 0 Å². The summed E-state index contributed by atoms with van der Waals surface area (Å²) >= 11 is 0. The van der Waals surface area contributed by atoms with E-state index in [2.05, 4.69) is 5.32 Å². The number of carbonyl (C=O) groups excluding carboxylic acids is 1. The molecule has 0 heterocycles. The molecule has 1 aromatic rings. The van der Waals surface area contributed by atoms with Crippen molar-refractivity contribution in [2.45, 2.75) is 19.0 Å². The Balaban J connectivity index is 1.75. The molecule has 2 rings (SSSR count). The molecule has 8 heteroatoms. The van der Waals surface area contributed by atoms with Crippen molar-refractivity contribution in [2.24, 2.45) is 5.41 Å². The highest BCUT2D eigenvalue weighted by Gasteiger charge is 2.56. The van der Waals surface area contributed by atoms with Crippen molar-refractivity contribution in [3.63, 3.8) is 0 Å². The van der Waals surface area contributed by atoms with Gasteiger partial charge in [-0.25, -0.2) is 0 Å². The standard InChI is InChI=1S/C14H14F3NO4/c15-14(16,17)9-1-3-10(4-2-9)22-8-7-18-11(19)13(5-6-13)12(20)21/h1-4H,5-8H2,(H,18,19)(H,20,21). The Bertz CT molecular complexity index is 564. The van der Waals surface area contributed by atoms with Crippen LogP contribution in [0.2, 0.25) is 0 Å². The quantitative estimate of drug-likeness (QED) is 0.622. The molecular weight excluding hydrogens is 303 g/mol. The Morgan fingerprint density at radius 1 is 1.23 bits per heavy atom. The van der Waals surface area contributed by atoms with E-state index in [0.29, 0.717) is 12.8 Å². The Morgan fingerprint density at radius 3 is 2.27 bits per heavy atom. The summed E-state index contributed by atoms with van der Waals surface area (Å²) in [4.78, 5) is 22.6. The van der Waals surface area contributed by atoms with E-state index < -0.39 is 29.0 Å². The molecule has 1 aliphatic carbocycles. The van der Waals surface area contributed by atoms with Crippen LogP contribution in [0.15, 0.2) is 24.3 Å². The Labute approximate surface area is 124 Å². The largest absolute Gasteiger partial charge is 0.492 e. The molecular formula is C14H14F3NO4. The monoisotopic (exact) mass is 317 g/mol. The number of hydrogen-bond acceptors (Lipinski definition) is 3. The number of hydrogen-bond donors (Lipinski definition) is 2. The van der Waals surface area contributed by atoms with Gasteiger partial charge in [0.25, 0.3) is 0 Å². The van der Waals surface area contributed by atoms with E-state index in [1.165, 1.54) is 12.1 Å². The molecule has 0 bridgehead atoms. The summed E-state index contributed by atoms with van der Waals surface area (Å²) in [6.45, 7) is 0.113. The molecule has 1 amide bonds. The number of carboxylic acids is 1. The highest BCUT2D eigenvalue weighted by atomic mass is 19.4. The van der Waals surface area contributed by atoms with Crippen molar-refractivity contribution >= 4 is 11.9 Å². The van der Waals surface area contributed by atoms with Crippen LogP contribution in [0.5, 0.6) is 5.75 Å². The van der Waals surface area contributed by atoms with Gasteiger partial charge in [-0.15, -0.1) is 0 Å². The fourth-order valence-corrected chi connectivity index (χ4v) is 1.91. The first-order valence-electron chi connectivity index (χ1n) is 6.57. The summed E-state index contributed by atoms with van der Waals surface area (Å²) < 4.78 is 42.3. The minimum absolute atomic E-state index is 0.0345. The first-order chi connectivity index (χ1) is 10.3. The van der Waals surface area contributed by atoms with Gasteiger partial charge in [0.15, 0.2) is 0 Å². The summed E-state index contributed by atoms with van der Waals surface area (Å²) in [5.41, 5.74) is -2.08. The fourth-order valence-electron chi connectivity index (χ4n) is 1.91. The van der Waals surface area contributed by atoms with Gasteiger partial charge in [0.05, 0.1) is 12.1 Å². The number of carbonyl (C=O) groups is 2. The maximum atomic E-state index is 12.4. The van der Waals surface area contributed by atoms with Gasteiger partial charge in [-0.3, -0.25) is 9.59 Å². The Morgan fingerprint density at radius 2 is 1.82 bits per heavy atom. The van der Waals surface area contributed by atoms with E-state index in [9.17, 15) is 22.8 Å². The number of benzene rings is 1. The van der Waals surface area contributed by atoms with Crippen LogP contribution < -0.4 is 10.1 Å². The molecule has 5 nitrogen and oxygen atoms in total. The average molecular weight is 317 g/mol. The molecule has 0 spiro atoms. The van der Waals surface area contributed by atoms with Gasteiger partial charge >= 0.3 is 12.1 Å². The van der Waals surface area contributed by atoms with Crippen LogP contribution in [0.4, 0.5) is 13.2 Å². The number of nitrogens with one attached hydrogen (secondary N) is 1. The van der Waals surface area contributed by atoms with Crippen LogP contribution in [0.1, 0.15) is 18.4 Å². The Kier molecular flexibility index (Phi) is 4.30. The number of halogens is 3. The van der Waals surface area contributed by atoms with Gasteiger partial charge in [-0.1, -0.05) is 0 Å². The molecule has 0 atom stereocenters. The van der Waals surface area contributed by atoms with Crippen molar-refractivity contribution in [1.29, 1.82) is 0 Å². The molecule has 0 aliphatic heterocycles. The van der Waals surface area contributed by atoms with Crippen molar-refractivity contribution in [1.82, 2.24) is 5.32 Å². The number of rotatable bonds is 6. The smallest absolute Gasteiger partial charge is 0.416 e. The lowest BCUT2D eigenvalue weighted by Gasteiger charge is -2.12. The van der Waals surface area contributed by atoms with Crippen molar-refractivity contribution in [3.8, 4) is 5.75 Å². The second kappa shape index (κ2) is 5.86. The van der Waals surface area contributed by atoms with Crippen LogP contribution in [-0.4, -0.2) is 30.1 Å². The van der Waals surface area contributed by atoms with E-state index >= 15 is 0 Å². The molecule has 1 fully saturated rings. The average Bonchev–Trinajstić information content (AvgIpc) is 3.24. The van der Waals surface area contributed by atoms with Gasteiger partial charge < -0.3 is 15.2 Å². The predicted octanol–water partition coefficient (Wildman–Crippen LogP) is 2.07. The second-order valence-corrected chi connectivity index (χ2v) is 5.01. The molecule has 1 aliphatic rings. The second-order valence-electron chi connectivity index (χ2n) is 5.01. The van der Waals surface area contributed by atoms with Gasteiger partial charge in [0.2, 0.25) is 5.91 Å². The molecule has 2 N–H and O–H groups in total. The number of carboxylic acid groups (broad SMARTS) is 1. The van der Waals surface area contributed by atoms with E-state index in [1.54, 1.807) is 0 Å². The maximum absolute atomic E-state index is 12.4. The van der Waals surface area contributed by atoms with Gasteiger partial charge in [0, 0.05) is 0 Å². The summed E-state index contributed by atoms with van der Waals surface area (Å²) in [5, 5.41) is 11.4. The molecule has 0 aromatic heterocycles. The molecule has 22 heavy (non-hydrogen) atoms. The molecule has 120 valence electrons. The SMILES string of the molecule is O=C(O)C1(C(=O)NCCOc2ccc(C(F)(F)F)cc2)CC1. The summed E-state index contributed by atoms with van der Waals surface area (Å²) in [6, 6.07) is 4.17. The van der Waals surface area contributed by atoms with Crippen LogP contribution in [0.3, 0.4) is 0 Å². The van der Waals surface area contributed by atoms with Crippen LogP contribution in [0.25, 0.3) is 0 Å². The Hall–Kier alpha value is -2.25. The van der Waals surface area contributed by atoms with Crippen LogP contribution >= 0.6 is 0 Å². The summed E-state index contributed by atoms with van der Waals surface area (Å²) in [6.07, 6.45) is -3.77. The van der Waals surface area contributed by atoms with Gasteiger partial charge in [0.1, 0.15) is 17.8 Å². The fraction of sp³-hybridized carbons (Fsp3) is 0.429. The number of alkyl halides is 3. The van der Waals surface area contributed by atoms with Crippen molar-refractivity contribution in [3.05, 3.63) is 29.8 Å². The van der Waals surface area contributed by atoms with Gasteiger partial charge in [-0.05, 0) is 37.1 Å². The minimum Gasteiger partial charge on any atom is -0.492 e. The van der Waals surface area contributed by atoms with E-state index in [0.717, 1.165) is 12.1 Å². The highest BCUT2D eigenvalue weighted by molar-refractivity contribution is 6.04. The van der Waals surface area contributed by atoms with E-state index in [-0.39, 0.29) is 18.9 Å². The van der Waals surface area contributed by atoms with Crippen molar-refractivity contribution < 1.29 is 32.6 Å². The lowest BCUT2D eigenvalue weighted by Crippen LogP contribution is -2.38. The first-order valence-corrected chi connectivity index (χ1v) is 6.57. The normalized spacial score (nSPS) is 16.0. The van der Waals surface area contributed by atoms with E-state index in [4.69, 9.17) is 9.84 Å².